The van der Waals surface area contributed by atoms with Gasteiger partial charge in [-0.15, -0.1) is 0 Å². The Kier molecular flexibility index (Phi) is 8.69. The number of rotatable bonds is 1. The second-order valence-corrected chi connectivity index (χ2v) is 1.69. The number of hydrogen-bond acceptors (Lipinski definition) is 3. The summed E-state index contributed by atoms with van der Waals surface area (Å²) in [6.07, 6.45) is 0. The molecule has 0 radical (unpaired) electrons. The lowest BCUT2D eigenvalue weighted by atomic mass is 11.0. The van der Waals surface area contributed by atoms with E-state index in [1.807, 2.05) is 45.0 Å². The second kappa shape index (κ2) is 6.59. The molecule has 0 aromatic carbocycles. The number of nitrogens with zero attached hydrogens (tertiary/aromatic N) is 2. The van der Waals surface area contributed by atoms with Gasteiger partial charge in [0.25, 0.3) is 0 Å². The molecule has 0 aromatic rings. The lowest BCUT2D eigenvalue weighted by Gasteiger charge is -2.17. The fraction of sp³-hybridized carbons (Fsp3) is 0.800. The molecule has 0 bridgehead atoms. The van der Waals surface area contributed by atoms with Gasteiger partial charge in [0.2, 0.25) is 0 Å². The van der Waals surface area contributed by atoms with Gasteiger partial charge in [-0.1, -0.05) is 0 Å². The Morgan fingerprint density at radius 3 is 1.00 bits per heavy atom. The summed E-state index contributed by atoms with van der Waals surface area (Å²) >= 11 is 0. The highest BCUT2D eigenvalue weighted by atomic mass is 16.1. The third-order valence-corrected chi connectivity index (χ3v) is 0.800. The molecule has 0 aliphatic carbocycles. The predicted molar refractivity (Wildman–Crippen MR) is 34.5 cm³/mol. The highest BCUT2D eigenvalue weighted by Gasteiger charge is 1.84. The zero-order valence-corrected chi connectivity index (χ0v) is 6.01. The van der Waals surface area contributed by atoms with Crippen LogP contribution in [0.4, 0.5) is 0 Å². The van der Waals surface area contributed by atoms with Crippen molar-refractivity contribution in [2.75, 3.05) is 28.2 Å². The molecule has 0 amide bonds. The third kappa shape index (κ3) is 9.14. The third-order valence-electron chi connectivity index (χ3n) is 0.800. The van der Waals surface area contributed by atoms with Gasteiger partial charge in [0.1, 0.15) is 6.79 Å². The van der Waals surface area contributed by atoms with Gasteiger partial charge in [0.05, 0.1) is 0 Å². The first-order valence-corrected chi connectivity index (χ1v) is 2.28. The summed E-state index contributed by atoms with van der Waals surface area (Å²) in [5.74, 6) is 0. The molecule has 0 unspecified atom stereocenters. The van der Waals surface area contributed by atoms with Gasteiger partial charge in [-0.3, -0.25) is 0 Å². The molecule has 0 aromatic heterocycles. The Labute approximate surface area is 50.9 Å². The molecule has 0 rings (SSSR count). The first-order valence-electron chi connectivity index (χ1n) is 2.28. The first kappa shape index (κ1) is 10.5. The van der Waals surface area contributed by atoms with Gasteiger partial charge >= 0.3 is 0 Å². The van der Waals surface area contributed by atoms with E-state index in [2.05, 4.69) is 0 Å². The van der Waals surface area contributed by atoms with Gasteiger partial charge in [0, 0.05) is 28.2 Å². The van der Waals surface area contributed by atoms with Crippen LogP contribution in [0.2, 0.25) is 0 Å². The SMILES string of the molecule is C=O.CN(C)N(C)C. The van der Waals surface area contributed by atoms with Gasteiger partial charge in [-0.2, -0.15) is 0 Å². The van der Waals surface area contributed by atoms with Crippen LogP contribution in [0.5, 0.6) is 0 Å². The summed E-state index contributed by atoms with van der Waals surface area (Å²) in [6, 6.07) is 0. The van der Waals surface area contributed by atoms with Crippen LogP contribution < -0.4 is 0 Å². The van der Waals surface area contributed by atoms with Crippen molar-refractivity contribution in [2.24, 2.45) is 0 Å². The first-order chi connectivity index (χ1) is 3.64. The van der Waals surface area contributed by atoms with Gasteiger partial charge in [-0.05, 0) is 0 Å². The molecule has 3 heteroatoms. The molecule has 0 saturated heterocycles. The van der Waals surface area contributed by atoms with E-state index in [-0.39, 0.29) is 0 Å². The van der Waals surface area contributed by atoms with E-state index >= 15 is 0 Å². The molecule has 0 aliphatic rings. The Hall–Kier alpha value is -0.410. The van der Waals surface area contributed by atoms with Crippen molar-refractivity contribution in [1.29, 1.82) is 0 Å². The molecular weight excluding hydrogens is 104 g/mol. The summed E-state index contributed by atoms with van der Waals surface area (Å²) < 4.78 is 0. The van der Waals surface area contributed by atoms with E-state index in [0.717, 1.165) is 0 Å². The van der Waals surface area contributed by atoms with Crippen LogP contribution in [-0.4, -0.2) is 45.0 Å². The number of hydrogen-bond donors (Lipinski definition) is 0. The van der Waals surface area contributed by atoms with Crippen LogP contribution in [0.25, 0.3) is 0 Å². The zero-order valence-electron chi connectivity index (χ0n) is 6.01. The van der Waals surface area contributed by atoms with Crippen LogP contribution in [0, 0.1) is 0 Å². The van der Waals surface area contributed by atoms with E-state index in [9.17, 15) is 0 Å². The van der Waals surface area contributed by atoms with Crippen molar-refractivity contribution in [3.8, 4) is 0 Å². The van der Waals surface area contributed by atoms with E-state index in [4.69, 9.17) is 4.79 Å². The highest BCUT2D eigenvalue weighted by molar-refractivity contribution is 5.10. The largest absolute Gasteiger partial charge is 0.307 e. The van der Waals surface area contributed by atoms with Crippen LogP contribution in [-0.2, 0) is 4.79 Å². The smallest absolute Gasteiger partial charge is 0.106 e. The van der Waals surface area contributed by atoms with Crippen molar-refractivity contribution in [2.45, 2.75) is 0 Å². The summed E-state index contributed by atoms with van der Waals surface area (Å²) in [7, 11) is 8.00. The molecule has 0 spiro atoms. The minimum atomic E-state index is 2.00. The Morgan fingerprint density at radius 2 is 1.00 bits per heavy atom. The Bertz CT molecular complexity index is 39.7. The molecule has 0 heterocycles. The normalized spacial score (nSPS) is 8.75. The van der Waals surface area contributed by atoms with Crippen molar-refractivity contribution in [3.63, 3.8) is 0 Å². The van der Waals surface area contributed by atoms with E-state index in [0.29, 0.717) is 0 Å². The number of hydrazine groups is 1. The van der Waals surface area contributed by atoms with Gasteiger partial charge in [-0.25, -0.2) is 10.0 Å². The van der Waals surface area contributed by atoms with Crippen LogP contribution >= 0.6 is 0 Å². The lowest BCUT2D eigenvalue weighted by molar-refractivity contribution is -0.0979. The van der Waals surface area contributed by atoms with Crippen molar-refractivity contribution < 1.29 is 4.79 Å². The van der Waals surface area contributed by atoms with E-state index in [1.165, 1.54) is 0 Å². The Morgan fingerprint density at radius 1 is 0.875 bits per heavy atom. The maximum Gasteiger partial charge on any atom is 0.106 e. The molecule has 0 N–H and O–H groups in total. The minimum Gasteiger partial charge on any atom is -0.307 e. The van der Waals surface area contributed by atoms with Gasteiger partial charge < -0.3 is 4.79 Å². The average molecular weight is 118 g/mol. The summed E-state index contributed by atoms with van der Waals surface area (Å²) in [6.45, 7) is 2.00. The molecule has 0 saturated carbocycles. The molecular formula is C5H14N2O. The average Bonchev–Trinajstić information content (AvgIpc) is 1.72. The summed E-state index contributed by atoms with van der Waals surface area (Å²) in [5, 5.41) is 4.00. The molecule has 8 heavy (non-hydrogen) atoms. The minimum absolute atomic E-state index is 2.00. The van der Waals surface area contributed by atoms with Crippen LogP contribution in [0.1, 0.15) is 0 Å². The van der Waals surface area contributed by atoms with E-state index < -0.39 is 0 Å². The monoisotopic (exact) mass is 118 g/mol. The fourth-order valence-corrected chi connectivity index (χ4v) is 0. The topological polar surface area (TPSA) is 23.6 Å². The summed E-state index contributed by atoms with van der Waals surface area (Å²) in [4.78, 5) is 8.00. The second-order valence-electron chi connectivity index (χ2n) is 1.69. The maximum atomic E-state index is 8.00. The van der Waals surface area contributed by atoms with Crippen LogP contribution in [0.3, 0.4) is 0 Å². The standard InChI is InChI=1S/C4H12N2.CH2O/c1-5(2)6(3)4;1-2/h1-4H3;1H2. The van der Waals surface area contributed by atoms with Crippen molar-refractivity contribution in [3.05, 3.63) is 0 Å². The molecule has 0 fully saturated rings. The van der Waals surface area contributed by atoms with E-state index in [1.54, 1.807) is 0 Å². The van der Waals surface area contributed by atoms with Crippen molar-refractivity contribution in [1.82, 2.24) is 10.0 Å². The maximum absolute atomic E-state index is 8.00. The molecule has 0 aliphatic heterocycles. The summed E-state index contributed by atoms with van der Waals surface area (Å²) in [5.41, 5.74) is 0. The molecule has 50 valence electrons. The molecule has 3 nitrogen and oxygen atoms in total. The highest BCUT2D eigenvalue weighted by Crippen LogP contribution is 1.72. The quantitative estimate of drug-likeness (QED) is 0.447. The lowest BCUT2D eigenvalue weighted by Crippen LogP contribution is -2.28. The number of carbonyl (C=O) groups excluding carboxylic acids is 1. The zero-order chi connectivity index (χ0) is 7.15. The van der Waals surface area contributed by atoms with Crippen LogP contribution in [0.15, 0.2) is 0 Å². The molecule has 0 atom stereocenters. The van der Waals surface area contributed by atoms with Crippen molar-refractivity contribution >= 4 is 6.79 Å². The predicted octanol–water partition coefficient (Wildman–Crippen LogP) is -0.160. The van der Waals surface area contributed by atoms with Gasteiger partial charge in [0.15, 0.2) is 0 Å². The fourth-order valence-electron chi connectivity index (χ4n) is 0. The number of carbonyl (C=O) groups is 1. The Balaban J connectivity index is 0.